The van der Waals surface area contributed by atoms with E-state index in [1.807, 2.05) is 61.7 Å². The highest BCUT2D eigenvalue weighted by molar-refractivity contribution is 5.79. The van der Waals surface area contributed by atoms with E-state index in [4.69, 9.17) is 4.74 Å². The van der Waals surface area contributed by atoms with E-state index >= 15 is 0 Å². The number of amides is 1. The molecule has 4 nitrogen and oxygen atoms in total. The number of likely N-dealkylation sites (N-methyl/N-ethyl adjacent to an activating group) is 1. The van der Waals surface area contributed by atoms with Crippen LogP contribution in [0.25, 0.3) is 10.9 Å². The van der Waals surface area contributed by atoms with Crippen molar-refractivity contribution < 1.29 is 9.53 Å². The van der Waals surface area contributed by atoms with Gasteiger partial charge in [0.15, 0.2) is 6.61 Å². The molecule has 1 amide bonds. The second kappa shape index (κ2) is 7.13. The molecule has 0 N–H and O–H groups in total. The number of aromatic nitrogens is 1. The van der Waals surface area contributed by atoms with Crippen LogP contribution in [0.2, 0.25) is 0 Å². The van der Waals surface area contributed by atoms with Crippen LogP contribution in [0.5, 0.6) is 5.75 Å². The number of benzene rings is 2. The summed E-state index contributed by atoms with van der Waals surface area (Å²) in [5.41, 5.74) is 3.06. The molecule has 3 aromatic rings. The van der Waals surface area contributed by atoms with Gasteiger partial charge in [0, 0.05) is 25.2 Å². The lowest BCUT2D eigenvalue weighted by atomic mass is 10.1. The summed E-state index contributed by atoms with van der Waals surface area (Å²) in [4.78, 5) is 18.3. The average Bonchev–Trinajstić information content (AvgIpc) is 2.59. The van der Waals surface area contributed by atoms with Gasteiger partial charge in [0.2, 0.25) is 0 Å². The van der Waals surface area contributed by atoms with Gasteiger partial charge in [0.1, 0.15) is 5.75 Å². The maximum atomic E-state index is 12.2. The van der Waals surface area contributed by atoms with Crippen molar-refractivity contribution in [3.63, 3.8) is 0 Å². The number of ether oxygens (including phenoxy) is 1. The van der Waals surface area contributed by atoms with Crippen LogP contribution in [0.3, 0.4) is 0 Å². The van der Waals surface area contributed by atoms with Crippen LogP contribution in [0, 0.1) is 6.92 Å². The number of hydrogen-bond acceptors (Lipinski definition) is 3. The lowest BCUT2D eigenvalue weighted by molar-refractivity contribution is -0.132. The molecule has 2 aromatic carbocycles. The average molecular weight is 320 g/mol. The number of carbonyl (C=O) groups excluding carboxylic acids is 1. The summed E-state index contributed by atoms with van der Waals surface area (Å²) in [6.45, 7) is 2.53. The molecule has 1 aromatic heterocycles. The van der Waals surface area contributed by atoms with Gasteiger partial charge in [0.05, 0.1) is 5.52 Å². The van der Waals surface area contributed by atoms with E-state index in [9.17, 15) is 4.79 Å². The van der Waals surface area contributed by atoms with E-state index in [2.05, 4.69) is 11.1 Å². The van der Waals surface area contributed by atoms with Gasteiger partial charge < -0.3 is 9.64 Å². The molecular weight excluding hydrogens is 300 g/mol. The van der Waals surface area contributed by atoms with Crippen molar-refractivity contribution in [2.75, 3.05) is 13.7 Å². The lowest BCUT2D eigenvalue weighted by Crippen LogP contribution is -2.31. The van der Waals surface area contributed by atoms with E-state index < -0.39 is 0 Å². The van der Waals surface area contributed by atoms with Gasteiger partial charge in [-0.3, -0.25) is 9.78 Å². The molecule has 0 aliphatic rings. The van der Waals surface area contributed by atoms with Gasteiger partial charge in [-0.25, -0.2) is 0 Å². The number of aryl methyl sites for hydroxylation is 1. The summed E-state index contributed by atoms with van der Waals surface area (Å²) in [5, 5.41) is 1.08. The second-order valence-corrected chi connectivity index (χ2v) is 5.89. The summed E-state index contributed by atoms with van der Waals surface area (Å²) >= 11 is 0. The van der Waals surface area contributed by atoms with Crippen molar-refractivity contribution in [1.29, 1.82) is 0 Å². The summed E-state index contributed by atoms with van der Waals surface area (Å²) in [6.07, 6.45) is 1.81. The molecule has 0 atom stereocenters. The van der Waals surface area contributed by atoms with E-state index in [0.717, 1.165) is 22.0 Å². The fraction of sp³-hybridized carbons (Fsp3) is 0.200. The lowest BCUT2D eigenvalue weighted by Gasteiger charge is -2.17. The van der Waals surface area contributed by atoms with Gasteiger partial charge in [-0.2, -0.15) is 0 Å². The SMILES string of the molecule is Cc1cccc(OCC(=O)N(C)Cc2cnc3ccccc3c2)c1. The van der Waals surface area contributed by atoms with Gasteiger partial charge in [-0.05, 0) is 42.3 Å². The van der Waals surface area contributed by atoms with Crippen LogP contribution in [0.1, 0.15) is 11.1 Å². The van der Waals surface area contributed by atoms with Crippen molar-refractivity contribution in [3.8, 4) is 5.75 Å². The fourth-order valence-electron chi connectivity index (χ4n) is 2.53. The molecule has 24 heavy (non-hydrogen) atoms. The minimum atomic E-state index is -0.0651. The number of hydrogen-bond donors (Lipinski definition) is 0. The van der Waals surface area contributed by atoms with Crippen molar-refractivity contribution in [2.24, 2.45) is 0 Å². The molecule has 0 unspecified atom stereocenters. The summed E-state index contributed by atoms with van der Waals surface area (Å²) in [5.74, 6) is 0.647. The van der Waals surface area contributed by atoms with Gasteiger partial charge >= 0.3 is 0 Å². The number of carbonyl (C=O) groups is 1. The molecule has 1 heterocycles. The van der Waals surface area contributed by atoms with E-state index in [0.29, 0.717) is 12.3 Å². The number of pyridine rings is 1. The standard InChI is InChI=1S/C20H20N2O2/c1-15-6-5-8-18(10-15)24-14-20(23)22(2)13-16-11-17-7-3-4-9-19(17)21-12-16/h3-12H,13-14H2,1-2H3. The normalized spacial score (nSPS) is 10.6. The Kier molecular flexibility index (Phi) is 4.75. The topological polar surface area (TPSA) is 42.4 Å². The van der Waals surface area contributed by atoms with Crippen LogP contribution < -0.4 is 4.74 Å². The van der Waals surface area contributed by atoms with Crippen molar-refractivity contribution in [2.45, 2.75) is 13.5 Å². The Morgan fingerprint density at radius 3 is 2.79 bits per heavy atom. The maximum absolute atomic E-state index is 12.2. The first-order valence-corrected chi connectivity index (χ1v) is 7.89. The molecule has 0 saturated carbocycles. The molecule has 0 aliphatic heterocycles. The molecule has 122 valence electrons. The highest BCUT2D eigenvalue weighted by Gasteiger charge is 2.11. The highest BCUT2D eigenvalue weighted by Crippen LogP contribution is 2.15. The summed E-state index contributed by atoms with van der Waals surface area (Å²) in [6, 6.07) is 17.7. The predicted octanol–water partition coefficient (Wildman–Crippen LogP) is 3.58. The Labute approximate surface area is 141 Å². The fourth-order valence-corrected chi connectivity index (χ4v) is 2.53. The highest BCUT2D eigenvalue weighted by atomic mass is 16.5. The van der Waals surface area contributed by atoms with Crippen LogP contribution in [0.4, 0.5) is 0 Å². The minimum Gasteiger partial charge on any atom is -0.484 e. The zero-order valence-electron chi connectivity index (χ0n) is 13.9. The number of nitrogens with zero attached hydrogens (tertiary/aromatic N) is 2. The van der Waals surface area contributed by atoms with Crippen molar-refractivity contribution in [1.82, 2.24) is 9.88 Å². The predicted molar refractivity (Wildman–Crippen MR) is 94.9 cm³/mol. The molecule has 0 aliphatic carbocycles. The summed E-state index contributed by atoms with van der Waals surface area (Å²) in [7, 11) is 1.77. The maximum Gasteiger partial charge on any atom is 0.260 e. The number of fused-ring (bicyclic) bond motifs is 1. The zero-order chi connectivity index (χ0) is 16.9. The number of para-hydroxylation sites is 1. The van der Waals surface area contributed by atoms with E-state index in [-0.39, 0.29) is 12.5 Å². The second-order valence-electron chi connectivity index (χ2n) is 5.89. The third-order valence-corrected chi connectivity index (χ3v) is 3.84. The van der Waals surface area contributed by atoms with Crippen LogP contribution in [-0.4, -0.2) is 29.4 Å². The molecule has 0 fully saturated rings. The first-order valence-electron chi connectivity index (χ1n) is 7.89. The largest absolute Gasteiger partial charge is 0.484 e. The molecular formula is C20H20N2O2. The minimum absolute atomic E-state index is 0.0287. The first-order chi connectivity index (χ1) is 11.6. The first kappa shape index (κ1) is 16.0. The Bertz CT molecular complexity index is 861. The zero-order valence-corrected chi connectivity index (χ0v) is 13.9. The van der Waals surface area contributed by atoms with Gasteiger partial charge in [-0.15, -0.1) is 0 Å². The van der Waals surface area contributed by atoms with Crippen molar-refractivity contribution >= 4 is 16.8 Å². The smallest absolute Gasteiger partial charge is 0.260 e. The van der Waals surface area contributed by atoms with Crippen LogP contribution in [-0.2, 0) is 11.3 Å². The Morgan fingerprint density at radius 1 is 1.12 bits per heavy atom. The molecule has 0 saturated heterocycles. The molecule has 4 heteroatoms. The van der Waals surface area contributed by atoms with Gasteiger partial charge in [0.25, 0.3) is 5.91 Å². The third-order valence-electron chi connectivity index (χ3n) is 3.84. The third kappa shape index (κ3) is 3.90. The number of rotatable bonds is 5. The van der Waals surface area contributed by atoms with E-state index in [1.165, 1.54) is 0 Å². The van der Waals surface area contributed by atoms with E-state index in [1.54, 1.807) is 11.9 Å². The monoisotopic (exact) mass is 320 g/mol. The molecule has 0 spiro atoms. The molecule has 3 rings (SSSR count). The Balaban J connectivity index is 1.60. The van der Waals surface area contributed by atoms with Crippen LogP contribution in [0.15, 0.2) is 60.8 Å². The quantitative estimate of drug-likeness (QED) is 0.721. The summed E-state index contributed by atoms with van der Waals surface area (Å²) < 4.78 is 5.57. The van der Waals surface area contributed by atoms with Gasteiger partial charge in [-0.1, -0.05) is 30.3 Å². The van der Waals surface area contributed by atoms with Crippen molar-refractivity contribution in [3.05, 3.63) is 71.9 Å². The Hall–Kier alpha value is -2.88. The Morgan fingerprint density at radius 2 is 1.96 bits per heavy atom. The molecule has 0 bridgehead atoms. The van der Waals surface area contributed by atoms with Crippen LogP contribution >= 0.6 is 0 Å². The molecule has 0 radical (unpaired) electrons.